The van der Waals surface area contributed by atoms with Crippen LogP contribution in [0, 0.1) is 0 Å². The summed E-state index contributed by atoms with van der Waals surface area (Å²) in [5.41, 5.74) is 1.87. The minimum absolute atomic E-state index is 0.0797. The van der Waals surface area contributed by atoms with Crippen LogP contribution in [0.15, 0.2) is 65.5 Å². The van der Waals surface area contributed by atoms with Crippen molar-refractivity contribution in [2.45, 2.75) is 0 Å². The molecule has 2 aromatic carbocycles. The Hall–Kier alpha value is -2.46. The molecule has 0 spiro atoms. The van der Waals surface area contributed by atoms with E-state index in [0.29, 0.717) is 5.01 Å². The van der Waals surface area contributed by atoms with Gasteiger partial charge in [-0.05, 0) is 23.8 Å². The van der Waals surface area contributed by atoms with Crippen molar-refractivity contribution in [3.05, 3.63) is 80.9 Å². The van der Waals surface area contributed by atoms with Gasteiger partial charge in [-0.15, -0.1) is 0 Å². The van der Waals surface area contributed by atoms with Crippen molar-refractivity contribution >= 4 is 23.5 Å². The molecule has 0 aliphatic carbocycles. The normalized spacial score (nSPS) is 11.0. The largest absolute Gasteiger partial charge is 0.330 e. The standard InChI is InChI=1S/C16H12N2OS/c19-16-18(14-9-5-2-6-10-14)17-15(20-16)12-11-13-7-3-1-4-8-13/h1-12H/b12-11+. The van der Waals surface area contributed by atoms with Crippen LogP contribution in [-0.4, -0.2) is 9.78 Å². The lowest BCUT2D eigenvalue weighted by molar-refractivity contribution is 0.848. The quantitative estimate of drug-likeness (QED) is 0.736. The third kappa shape index (κ3) is 2.75. The summed E-state index contributed by atoms with van der Waals surface area (Å²) in [6.07, 6.45) is 3.81. The second-order valence-electron chi connectivity index (χ2n) is 4.20. The first-order valence-electron chi connectivity index (χ1n) is 6.22. The number of benzene rings is 2. The Balaban J connectivity index is 1.90. The van der Waals surface area contributed by atoms with Gasteiger partial charge in [0, 0.05) is 0 Å². The molecule has 0 unspecified atom stereocenters. The van der Waals surface area contributed by atoms with Crippen LogP contribution in [-0.2, 0) is 0 Å². The third-order valence-corrected chi connectivity index (χ3v) is 3.56. The van der Waals surface area contributed by atoms with E-state index in [1.165, 1.54) is 4.68 Å². The molecule has 0 radical (unpaired) electrons. The van der Waals surface area contributed by atoms with Gasteiger partial charge in [-0.25, -0.2) is 0 Å². The molecular weight excluding hydrogens is 268 g/mol. The van der Waals surface area contributed by atoms with Crippen LogP contribution in [0.3, 0.4) is 0 Å². The van der Waals surface area contributed by atoms with Gasteiger partial charge in [0.2, 0.25) is 0 Å². The highest BCUT2D eigenvalue weighted by Gasteiger charge is 2.05. The Labute approximate surface area is 120 Å². The van der Waals surface area contributed by atoms with Crippen molar-refractivity contribution in [2.75, 3.05) is 0 Å². The van der Waals surface area contributed by atoms with Gasteiger partial charge in [-0.3, -0.25) is 4.79 Å². The first kappa shape index (κ1) is 12.6. The summed E-state index contributed by atoms with van der Waals surface area (Å²) in [7, 11) is 0. The summed E-state index contributed by atoms with van der Waals surface area (Å²) in [6.45, 7) is 0. The smallest absolute Gasteiger partial charge is 0.255 e. The molecule has 0 aliphatic rings. The minimum atomic E-state index is -0.0797. The van der Waals surface area contributed by atoms with Crippen molar-refractivity contribution < 1.29 is 0 Å². The van der Waals surface area contributed by atoms with Crippen molar-refractivity contribution in [1.82, 2.24) is 9.78 Å². The third-order valence-electron chi connectivity index (χ3n) is 2.78. The molecule has 0 aliphatic heterocycles. The molecular formula is C16H12N2OS. The van der Waals surface area contributed by atoms with E-state index >= 15 is 0 Å². The minimum Gasteiger partial charge on any atom is -0.255 e. The first-order valence-corrected chi connectivity index (χ1v) is 7.03. The second kappa shape index (κ2) is 5.67. The molecule has 3 rings (SSSR count). The predicted octanol–water partition coefficient (Wildman–Crippen LogP) is 3.46. The number of hydrogen-bond donors (Lipinski definition) is 0. The lowest BCUT2D eigenvalue weighted by Crippen LogP contribution is -2.11. The highest BCUT2D eigenvalue weighted by atomic mass is 32.1. The summed E-state index contributed by atoms with van der Waals surface area (Å²) < 4.78 is 1.43. The number of rotatable bonds is 3. The van der Waals surface area contributed by atoms with Gasteiger partial charge in [-0.1, -0.05) is 65.9 Å². The zero-order chi connectivity index (χ0) is 13.8. The number of para-hydroxylation sites is 1. The van der Waals surface area contributed by atoms with Crippen molar-refractivity contribution in [3.8, 4) is 5.69 Å². The molecule has 3 aromatic rings. The number of aromatic nitrogens is 2. The monoisotopic (exact) mass is 280 g/mol. The van der Waals surface area contributed by atoms with E-state index < -0.39 is 0 Å². The Morgan fingerprint density at radius 1 is 0.900 bits per heavy atom. The van der Waals surface area contributed by atoms with Gasteiger partial charge in [0.1, 0.15) is 5.01 Å². The van der Waals surface area contributed by atoms with Crippen molar-refractivity contribution in [2.24, 2.45) is 0 Å². The summed E-state index contributed by atoms with van der Waals surface area (Å²) in [4.78, 5) is 11.9. The summed E-state index contributed by atoms with van der Waals surface area (Å²) >= 11 is 1.14. The fourth-order valence-corrected chi connectivity index (χ4v) is 2.49. The van der Waals surface area contributed by atoms with E-state index in [4.69, 9.17) is 0 Å². The fourth-order valence-electron chi connectivity index (χ4n) is 1.82. The van der Waals surface area contributed by atoms with Gasteiger partial charge in [0.15, 0.2) is 0 Å². The van der Waals surface area contributed by atoms with Crippen LogP contribution < -0.4 is 4.87 Å². The maximum absolute atomic E-state index is 11.9. The zero-order valence-electron chi connectivity index (χ0n) is 10.6. The van der Waals surface area contributed by atoms with Gasteiger partial charge < -0.3 is 0 Å². The second-order valence-corrected chi connectivity index (χ2v) is 5.17. The highest BCUT2D eigenvalue weighted by Crippen LogP contribution is 2.10. The van der Waals surface area contributed by atoms with Crippen molar-refractivity contribution in [3.63, 3.8) is 0 Å². The van der Waals surface area contributed by atoms with Crippen molar-refractivity contribution in [1.29, 1.82) is 0 Å². The topological polar surface area (TPSA) is 34.9 Å². The Morgan fingerprint density at radius 2 is 1.55 bits per heavy atom. The molecule has 0 saturated carbocycles. The molecule has 4 heteroatoms. The van der Waals surface area contributed by atoms with Crippen LogP contribution >= 0.6 is 11.3 Å². The molecule has 98 valence electrons. The number of nitrogens with zero attached hydrogens (tertiary/aromatic N) is 2. The molecule has 0 N–H and O–H groups in total. The maximum atomic E-state index is 11.9. The van der Waals surface area contributed by atoms with E-state index in [0.717, 1.165) is 22.6 Å². The van der Waals surface area contributed by atoms with Crippen LogP contribution in [0.5, 0.6) is 0 Å². The van der Waals surface area contributed by atoms with Crippen LogP contribution in [0.1, 0.15) is 10.6 Å². The Kier molecular flexibility index (Phi) is 3.56. The van der Waals surface area contributed by atoms with Gasteiger partial charge in [-0.2, -0.15) is 9.78 Å². The van der Waals surface area contributed by atoms with Gasteiger partial charge in [0.25, 0.3) is 0 Å². The molecule has 0 atom stereocenters. The lowest BCUT2D eigenvalue weighted by atomic mass is 10.2. The zero-order valence-corrected chi connectivity index (χ0v) is 11.5. The van der Waals surface area contributed by atoms with Crippen LogP contribution in [0.2, 0.25) is 0 Å². The molecule has 0 saturated heterocycles. The van der Waals surface area contributed by atoms with Gasteiger partial charge >= 0.3 is 4.87 Å². The first-order chi connectivity index (χ1) is 9.83. The molecule has 0 amide bonds. The van der Waals surface area contributed by atoms with Crippen LogP contribution in [0.25, 0.3) is 17.8 Å². The SMILES string of the molecule is O=c1sc(/C=C/c2ccccc2)nn1-c1ccccc1. The highest BCUT2D eigenvalue weighted by molar-refractivity contribution is 7.09. The predicted molar refractivity (Wildman–Crippen MR) is 83.1 cm³/mol. The van der Waals surface area contributed by atoms with Gasteiger partial charge in [0.05, 0.1) is 5.69 Å². The van der Waals surface area contributed by atoms with Crippen LogP contribution in [0.4, 0.5) is 0 Å². The molecule has 3 nitrogen and oxygen atoms in total. The molecule has 20 heavy (non-hydrogen) atoms. The lowest BCUT2D eigenvalue weighted by Gasteiger charge is -1.96. The summed E-state index contributed by atoms with van der Waals surface area (Å²) in [5, 5.41) is 5.03. The molecule has 0 fully saturated rings. The summed E-state index contributed by atoms with van der Waals surface area (Å²) in [5.74, 6) is 0. The van der Waals surface area contributed by atoms with E-state index in [9.17, 15) is 4.79 Å². The number of hydrogen-bond acceptors (Lipinski definition) is 3. The Morgan fingerprint density at radius 3 is 2.25 bits per heavy atom. The van der Waals surface area contributed by atoms with E-state index in [2.05, 4.69) is 5.10 Å². The fraction of sp³-hybridized carbons (Fsp3) is 0. The van der Waals surface area contributed by atoms with E-state index in [-0.39, 0.29) is 4.87 Å². The average molecular weight is 280 g/mol. The molecule has 1 heterocycles. The van der Waals surface area contributed by atoms with E-state index in [1.54, 1.807) is 0 Å². The molecule has 1 aromatic heterocycles. The maximum Gasteiger partial charge on any atom is 0.330 e. The van der Waals surface area contributed by atoms with E-state index in [1.807, 2.05) is 72.8 Å². The molecule has 0 bridgehead atoms. The Bertz CT molecular complexity index is 773. The average Bonchev–Trinajstić information content (AvgIpc) is 2.88. The summed E-state index contributed by atoms with van der Waals surface area (Å²) in [6, 6.07) is 19.4.